The lowest BCUT2D eigenvalue weighted by atomic mass is 9.87. The van der Waals surface area contributed by atoms with Crippen LogP contribution in [0.2, 0.25) is 0 Å². The second kappa shape index (κ2) is 3.62. The first kappa shape index (κ1) is 9.89. The van der Waals surface area contributed by atoms with Crippen molar-refractivity contribution in [3.63, 3.8) is 0 Å². The van der Waals surface area contributed by atoms with Crippen molar-refractivity contribution in [1.29, 1.82) is 0 Å². The number of aromatic amines is 1. The standard InChI is InChI=1S/C12H11N3O2/c16-8-3-1-7(2-4-8)9-5-11(17)14-12-10(9)6-13-15-12/h1-4,6,9,16H,5H2,(H2,13,14,15,17)/t9-/m1/s1. The highest BCUT2D eigenvalue weighted by Gasteiger charge is 2.27. The summed E-state index contributed by atoms with van der Waals surface area (Å²) in [6.45, 7) is 0. The molecule has 3 rings (SSSR count). The molecule has 5 nitrogen and oxygen atoms in total. The Bertz CT molecular complexity index is 559. The number of phenols is 1. The first-order valence-corrected chi connectivity index (χ1v) is 5.36. The van der Waals surface area contributed by atoms with E-state index in [1.54, 1.807) is 18.3 Å². The minimum atomic E-state index is -0.0279. The minimum Gasteiger partial charge on any atom is -0.508 e. The number of benzene rings is 1. The van der Waals surface area contributed by atoms with Gasteiger partial charge in [-0.25, -0.2) is 0 Å². The molecule has 2 heterocycles. The Morgan fingerprint density at radius 3 is 2.82 bits per heavy atom. The van der Waals surface area contributed by atoms with E-state index in [4.69, 9.17) is 0 Å². The van der Waals surface area contributed by atoms with Gasteiger partial charge in [0.25, 0.3) is 0 Å². The van der Waals surface area contributed by atoms with Crippen molar-refractivity contribution in [2.75, 3.05) is 5.32 Å². The smallest absolute Gasteiger partial charge is 0.226 e. The Hall–Kier alpha value is -2.30. The predicted octanol–water partition coefficient (Wildman–Crippen LogP) is 1.59. The summed E-state index contributed by atoms with van der Waals surface area (Å²) in [6.07, 6.45) is 2.13. The zero-order valence-corrected chi connectivity index (χ0v) is 8.97. The summed E-state index contributed by atoms with van der Waals surface area (Å²) < 4.78 is 0. The summed E-state index contributed by atoms with van der Waals surface area (Å²) in [4.78, 5) is 11.6. The van der Waals surface area contributed by atoms with Crippen molar-refractivity contribution in [2.24, 2.45) is 0 Å². The van der Waals surface area contributed by atoms with Gasteiger partial charge in [-0.05, 0) is 17.7 Å². The third-order valence-electron chi connectivity index (χ3n) is 2.99. The maximum Gasteiger partial charge on any atom is 0.226 e. The molecule has 1 aliphatic heterocycles. The highest BCUT2D eigenvalue weighted by atomic mass is 16.3. The molecule has 17 heavy (non-hydrogen) atoms. The zero-order chi connectivity index (χ0) is 11.8. The lowest BCUT2D eigenvalue weighted by molar-refractivity contribution is -0.116. The van der Waals surface area contributed by atoms with Gasteiger partial charge >= 0.3 is 0 Å². The van der Waals surface area contributed by atoms with E-state index in [0.29, 0.717) is 12.2 Å². The van der Waals surface area contributed by atoms with Crippen LogP contribution in [0.25, 0.3) is 0 Å². The number of rotatable bonds is 1. The van der Waals surface area contributed by atoms with Crippen LogP contribution in [0.15, 0.2) is 30.5 Å². The molecular formula is C12H11N3O2. The Balaban J connectivity index is 2.04. The summed E-state index contributed by atoms with van der Waals surface area (Å²) in [5.41, 5.74) is 1.98. The van der Waals surface area contributed by atoms with Gasteiger partial charge in [-0.2, -0.15) is 5.10 Å². The van der Waals surface area contributed by atoms with Gasteiger partial charge in [0.2, 0.25) is 5.91 Å². The van der Waals surface area contributed by atoms with Crippen molar-refractivity contribution < 1.29 is 9.90 Å². The topological polar surface area (TPSA) is 78.0 Å². The number of nitrogens with one attached hydrogen (secondary N) is 2. The Labute approximate surface area is 97.5 Å². The van der Waals surface area contributed by atoms with E-state index in [-0.39, 0.29) is 17.6 Å². The number of phenolic OH excluding ortho intramolecular Hbond substituents is 1. The van der Waals surface area contributed by atoms with Crippen molar-refractivity contribution in [3.05, 3.63) is 41.6 Å². The first-order chi connectivity index (χ1) is 8.24. The van der Waals surface area contributed by atoms with Crippen LogP contribution in [0.4, 0.5) is 5.82 Å². The molecule has 1 amide bonds. The summed E-state index contributed by atoms with van der Waals surface area (Å²) in [7, 11) is 0. The molecule has 0 saturated heterocycles. The van der Waals surface area contributed by atoms with Crippen molar-refractivity contribution in [1.82, 2.24) is 10.2 Å². The molecule has 0 saturated carbocycles. The van der Waals surface area contributed by atoms with Gasteiger partial charge in [0.1, 0.15) is 11.6 Å². The number of H-pyrrole nitrogens is 1. The number of hydrogen-bond donors (Lipinski definition) is 3. The monoisotopic (exact) mass is 229 g/mol. The van der Waals surface area contributed by atoms with Crippen molar-refractivity contribution in [2.45, 2.75) is 12.3 Å². The van der Waals surface area contributed by atoms with E-state index in [1.807, 2.05) is 12.1 Å². The van der Waals surface area contributed by atoms with Crippen LogP contribution in [0.5, 0.6) is 5.75 Å². The predicted molar refractivity (Wildman–Crippen MR) is 61.8 cm³/mol. The Kier molecular flexibility index (Phi) is 2.11. The average Bonchev–Trinajstić information content (AvgIpc) is 2.77. The number of fused-ring (bicyclic) bond motifs is 1. The van der Waals surface area contributed by atoms with E-state index < -0.39 is 0 Å². The van der Waals surface area contributed by atoms with Crippen LogP contribution < -0.4 is 5.32 Å². The number of hydrogen-bond acceptors (Lipinski definition) is 3. The van der Waals surface area contributed by atoms with Crippen molar-refractivity contribution in [3.8, 4) is 5.75 Å². The minimum absolute atomic E-state index is 0.00176. The van der Waals surface area contributed by atoms with Gasteiger partial charge in [-0.3, -0.25) is 9.89 Å². The molecule has 1 atom stereocenters. The molecule has 2 aromatic rings. The third-order valence-corrected chi connectivity index (χ3v) is 2.99. The van der Waals surface area contributed by atoms with Gasteiger partial charge < -0.3 is 10.4 Å². The van der Waals surface area contributed by atoms with Crippen LogP contribution >= 0.6 is 0 Å². The van der Waals surface area contributed by atoms with Crippen molar-refractivity contribution >= 4 is 11.7 Å². The summed E-state index contributed by atoms with van der Waals surface area (Å²) in [5.74, 6) is 0.860. The fourth-order valence-electron chi connectivity index (χ4n) is 2.15. The van der Waals surface area contributed by atoms with E-state index in [0.717, 1.165) is 11.1 Å². The van der Waals surface area contributed by atoms with E-state index >= 15 is 0 Å². The SMILES string of the molecule is O=C1C[C@H](c2ccc(O)cc2)c2cn[nH]c2N1. The van der Waals surface area contributed by atoms with Gasteiger partial charge in [0, 0.05) is 17.9 Å². The molecule has 1 aromatic carbocycles. The second-order valence-electron chi connectivity index (χ2n) is 4.10. The van der Waals surface area contributed by atoms with Gasteiger partial charge in [-0.1, -0.05) is 12.1 Å². The fraction of sp³-hybridized carbons (Fsp3) is 0.167. The third kappa shape index (κ3) is 1.65. The number of amides is 1. The van der Waals surface area contributed by atoms with Crippen LogP contribution in [-0.4, -0.2) is 21.2 Å². The van der Waals surface area contributed by atoms with Crippen LogP contribution in [-0.2, 0) is 4.79 Å². The summed E-state index contributed by atoms with van der Waals surface area (Å²) in [6, 6.07) is 6.91. The molecule has 0 aliphatic carbocycles. The lowest BCUT2D eigenvalue weighted by Gasteiger charge is -2.22. The first-order valence-electron chi connectivity index (χ1n) is 5.36. The van der Waals surface area contributed by atoms with E-state index in [9.17, 15) is 9.90 Å². The number of nitrogens with zero attached hydrogens (tertiary/aromatic N) is 1. The quantitative estimate of drug-likeness (QED) is 0.694. The fourth-order valence-corrected chi connectivity index (χ4v) is 2.15. The number of aromatic nitrogens is 2. The number of carbonyl (C=O) groups is 1. The van der Waals surface area contributed by atoms with E-state index in [1.165, 1.54) is 0 Å². The molecule has 0 radical (unpaired) electrons. The zero-order valence-electron chi connectivity index (χ0n) is 8.97. The molecule has 0 bridgehead atoms. The Morgan fingerprint density at radius 2 is 2.06 bits per heavy atom. The lowest BCUT2D eigenvalue weighted by Crippen LogP contribution is -2.22. The second-order valence-corrected chi connectivity index (χ2v) is 4.10. The molecule has 1 aromatic heterocycles. The summed E-state index contributed by atoms with van der Waals surface area (Å²) >= 11 is 0. The largest absolute Gasteiger partial charge is 0.508 e. The average molecular weight is 229 g/mol. The molecule has 86 valence electrons. The number of carbonyl (C=O) groups excluding carboxylic acids is 1. The van der Waals surface area contributed by atoms with Crippen LogP contribution in [0, 0.1) is 0 Å². The molecule has 0 unspecified atom stereocenters. The normalized spacial score (nSPS) is 18.6. The number of anilines is 1. The molecule has 3 N–H and O–H groups in total. The molecule has 5 heteroatoms. The van der Waals surface area contributed by atoms with Crippen LogP contribution in [0.1, 0.15) is 23.5 Å². The summed E-state index contributed by atoms with van der Waals surface area (Å²) in [5, 5.41) is 18.7. The van der Waals surface area contributed by atoms with Gasteiger partial charge in [-0.15, -0.1) is 0 Å². The highest BCUT2D eigenvalue weighted by molar-refractivity contribution is 5.94. The Morgan fingerprint density at radius 1 is 1.29 bits per heavy atom. The molecule has 0 spiro atoms. The maximum atomic E-state index is 11.6. The van der Waals surface area contributed by atoms with E-state index in [2.05, 4.69) is 15.5 Å². The molecule has 1 aliphatic rings. The number of aromatic hydroxyl groups is 1. The highest BCUT2D eigenvalue weighted by Crippen LogP contribution is 2.35. The molecule has 0 fully saturated rings. The van der Waals surface area contributed by atoms with Gasteiger partial charge in [0.15, 0.2) is 0 Å². The molecular weight excluding hydrogens is 218 g/mol. The van der Waals surface area contributed by atoms with Gasteiger partial charge in [0.05, 0.1) is 6.20 Å². The van der Waals surface area contributed by atoms with Crippen LogP contribution in [0.3, 0.4) is 0 Å². The maximum absolute atomic E-state index is 11.6.